The summed E-state index contributed by atoms with van der Waals surface area (Å²) in [5, 5.41) is 27.3. The molecule has 0 spiro atoms. The van der Waals surface area contributed by atoms with Gasteiger partial charge >= 0.3 is 11.9 Å². The van der Waals surface area contributed by atoms with Crippen LogP contribution in [0.3, 0.4) is 0 Å². The molecule has 0 radical (unpaired) electrons. The van der Waals surface area contributed by atoms with Gasteiger partial charge in [0.2, 0.25) is 17.8 Å². The number of carbonyl (C=O) groups is 5. The van der Waals surface area contributed by atoms with Crippen molar-refractivity contribution >= 4 is 87.4 Å². The SMILES string of the molecule is CC1C(=O)Nc2cc(Cl)ccc2-c2nc(Nc3ccc(C(=O)O)cc3)ncc21.CC1C(=O)Nc2cc(Cl)ccc2C(=O)/C1=C/N(C)C.NC(N)=Nc1ccc(C(=O)O)cc1. The lowest BCUT2D eigenvalue weighted by Crippen LogP contribution is -2.22. The van der Waals surface area contributed by atoms with Crippen LogP contribution in [0.2, 0.25) is 10.0 Å². The Hall–Kier alpha value is -7.30. The second-order valence-corrected chi connectivity index (χ2v) is 14.4. The molecule has 4 aromatic carbocycles. The Labute approximate surface area is 354 Å². The zero-order valence-corrected chi connectivity index (χ0v) is 34.0. The molecule has 2 unspecified atom stereocenters. The molecular weight excluding hydrogens is 813 g/mol. The van der Waals surface area contributed by atoms with Crippen molar-refractivity contribution in [1.29, 1.82) is 0 Å². The van der Waals surface area contributed by atoms with Crippen molar-refractivity contribution in [2.75, 3.05) is 30.0 Å². The highest BCUT2D eigenvalue weighted by molar-refractivity contribution is 6.32. The molecule has 7 rings (SSSR count). The van der Waals surface area contributed by atoms with E-state index in [4.69, 9.17) is 44.9 Å². The number of anilines is 4. The van der Waals surface area contributed by atoms with E-state index in [1.165, 1.54) is 36.4 Å². The maximum Gasteiger partial charge on any atom is 0.335 e. The summed E-state index contributed by atoms with van der Waals surface area (Å²) in [4.78, 5) is 72.9. The van der Waals surface area contributed by atoms with Crippen LogP contribution in [0.1, 0.15) is 56.4 Å². The van der Waals surface area contributed by atoms with Crippen LogP contribution in [0.5, 0.6) is 0 Å². The number of halogens is 2. The Morgan fingerprint density at radius 1 is 0.783 bits per heavy atom. The van der Waals surface area contributed by atoms with E-state index in [0.717, 1.165) is 5.56 Å². The van der Waals surface area contributed by atoms with E-state index in [-0.39, 0.29) is 34.7 Å². The molecule has 0 bridgehead atoms. The quantitative estimate of drug-likeness (QED) is 0.0510. The van der Waals surface area contributed by atoms with E-state index < -0.39 is 23.8 Å². The third kappa shape index (κ3) is 10.8. The summed E-state index contributed by atoms with van der Waals surface area (Å²) in [6, 6.07) is 22.3. The minimum absolute atomic E-state index is 0.0527. The average Bonchev–Trinajstić information content (AvgIpc) is 3.34. The van der Waals surface area contributed by atoms with Gasteiger partial charge in [-0.1, -0.05) is 23.2 Å². The number of hydrogen-bond donors (Lipinski definition) is 7. The zero-order valence-electron chi connectivity index (χ0n) is 32.5. The molecule has 60 heavy (non-hydrogen) atoms. The molecular formula is C42H39Cl2N9O7. The molecule has 2 amide bonds. The Kier molecular flexibility index (Phi) is 13.9. The van der Waals surface area contributed by atoms with Crippen molar-refractivity contribution in [3.8, 4) is 11.3 Å². The predicted octanol–water partition coefficient (Wildman–Crippen LogP) is 7.14. The van der Waals surface area contributed by atoms with Crippen LogP contribution in [0.15, 0.2) is 108 Å². The summed E-state index contributed by atoms with van der Waals surface area (Å²) in [5.41, 5.74) is 16.0. The van der Waals surface area contributed by atoms with Crippen LogP contribution in [0.4, 0.5) is 28.7 Å². The first-order chi connectivity index (χ1) is 28.4. The lowest BCUT2D eigenvalue weighted by atomic mass is 9.94. The van der Waals surface area contributed by atoms with Crippen LogP contribution in [-0.4, -0.2) is 74.7 Å². The number of Topliss-reactive ketones (excluding diaryl/α,β-unsaturated/α-hetero) is 1. The van der Waals surface area contributed by atoms with Crippen molar-refractivity contribution < 1.29 is 34.2 Å². The van der Waals surface area contributed by atoms with Gasteiger partial charge in [-0.3, -0.25) is 14.4 Å². The smallest absolute Gasteiger partial charge is 0.335 e. The number of aromatic carboxylic acids is 2. The molecule has 1 aromatic heterocycles. The van der Waals surface area contributed by atoms with Crippen molar-refractivity contribution in [2.24, 2.45) is 22.4 Å². The van der Waals surface area contributed by atoms with Crippen molar-refractivity contribution in [1.82, 2.24) is 14.9 Å². The number of ketones is 1. The molecule has 0 saturated carbocycles. The molecule has 16 nitrogen and oxygen atoms in total. The van der Waals surface area contributed by atoms with E-state index >= 15 is 0 Å². The highest BCUT2D eigenvalue weighted by Gasteiger charge is 2.31. The highest BCUT2D eigenvalue weighted by atomic mass is 35.5. The maximum atomic E-state index is 12.5. The molecule has 3 heterocycles. The Morgan fingerprint density at radius 2 is 1.30 bits per heavy atom. The second kappa shape index (κ2) is 19.0. The van der Waals surface area contributed by atoms with Gasteiger partial charge < -0.3 is 42.5 Å². The number of hydrogen-bond acceptors (Lipinski definition) is 10. The van der Waals surface area contributed by atoms with Gasteiger partial charge in [-0.25, -0.2) is 24.5 Å². The lowest BCUT2D eigenvalue weighted by Gasteiger charge is -2.13. The van der Waals surface area contributed by atoms with Gasteiger partial charge in [-0.2, -0.15) is 0 Å². The fourth-order valence-corrected chi connectivity index (χ4v) is 6.19. The Morgan fingerprint density at radius 3 is 1.83 bits per heavy atom. The normalized spacial score (nSPS) is 15.6. The van der Waals surface area contributed by atoms with Crippen LogP contribution in [0, 0.1) is 5.92 Å². The van der Waals surface area contributed by atoms with Crippen molar-refractivity contribution in [3.63, 3.8) is 0 Å². The fourth-order valence-electron chi connectivity index (χ4n) is 5.85. The molecule has 2 aliphatic rings. The van der Waals surface area contributed by atoms with Gasteiger partial charge in [0.1, 0.15) is 0 Å². The van der Waals surface area contributed by atoms with Crippen molar-refractivity contribution in [3.05, 3.63) is 135 Å². The fraction of sp³-hybridized carbons (Fsp3) is 0.143. The minimum atomic E-state index is -0.991. The Bertz CT molecular complexity index is 2540. The number of amides is 2. The van der Waals surface area contributed by atoms with Crippen molar-refractivity contribution in [2.45, 2.75) is 19.8 Å². The van der Waals surface area contributed by atoms with Gasteiger partial charge in [-0.05, 0) is 98.8 Å². The first-order valence-corrected chi connectivity index (χ1v) is 18.7. The molecule has 308 valence electrons. The predicted molar refractivity (Wildman–Crippen MR) is 230 cm³/mol. The topological polar surface area (TPSA) is 255 Å². The van der Waals surface area contributed by atoms with Gasteiger partial charge in [0.25, 0.3) is 0 Å². The molecule has 5 aromatic rings. The number of benzene rings is 4. The number of guanidine groups is 1. The largest absolute Gasteiger partial charge is 0.478 e. The molecule has 18 heteroatoms. The number of carboxylic acid groups (broad SMARTS) is 2. The molecule has 0 aliphatic carbocycles. The van der Waals surface area contributed by atoms with Gasteiger partial charge in [-0.15, -0.1) is 0 Å². The standard InChI is InChI=1S/C20H15ClN4O3.C14H15ClN2O2.C8H9N3O2/c1-10-15-9-22-20(23-13-5-2-11(3-6-13)19(27)28)25-17(15)14-7-4-12(21)8-16(14)24-18(10)26;1-8-11(7-17(2)3)13(18)10-5-4-9(15)6-12(10)16-14(8)19;9-8(10)11-6-3-1-5(2-4-6)7(12)13/h2-10H,1H3,(H,24,26)(H,27,28)(H,22,23,25);4-8H,1-3H3,(H,16,19);1-4H,(H,12,13)(H4,9,10,11)/b;11-7+;. The number of nitrogens with two attached hydrogens (primary N) is 2. The lowest BCUT2D eigenvalue weighted by molar-refractivity contribution is -0.118. The zero-order chi connectivity index (χ0) is 43.8. The number of aliphatic imine (C=N–C) groups is 1. The van der Waals surface area contributed by atoms with Gasteiger partial charge in [0.05, 0.1) is 45.7 Å². The molecule has 2 aliphatic heterocycles. The molecule has 2 atom stereocenters. The highest BCUT2D eigenvalue weighted by Crippen LogP contribution is 2.38. The number of aromatic nitrogens is 2. The number of carbonyl (C=O) groups excluding carboxylic acids is 3. The third-order valence-corrected chi connectivity index (χ3v) is 9.41. The maximum absolute atomic E-state index is 12.5. The second-order valence-electron chi connectivity index (χ2n) is 13.6. The number of rotatable bonds is 6. The summed E-state index contributed by atoms with van der Waals surface area (Å²) in [6.45, 7) is 3.51. The minimum Gasteiger partial charge on any atom is -0.478 e. The first kappa shape index (κ1) is 43.8. The monoisotopic (exact) mass is 851 g/mol. The van der Waals surface area contributed by atoms with Gasteiger partial charge in [0, 0.05) is 64.5 Å². The van der Waals surface area contributed by atoms with E-state index in [9.17, 15) is 24.0 Å². The third-order valence-electron chi connectivity index (χ3n) is 8.94. The summed E-state index contributed by atoms with van der Waals surface area (Å²) >= 11 is 12.0. The van der Waals surface area contributed by atoms with E-state index in [1.807, 2.05) is 20.2 Å². The van der Waals surface area contributed by atoms with Crippen LogP contribution in [-0.2, 0) is 9.59 Å². The van der Waals surface area contributed by atoms with Crippen LogP contribution >= 0.6 is 23.2 Å². The van der Waals surface area contributed by atoms with Crippen LogP contribution in [0.25, 0.3) is 11.3 Å². The molecule has 0 saturated heterocycles. The van der Waals surface area contributed by atoms with E-state index in [2.05, 4.69) is 30.9 Å². The number of fused-ring (bicyclic) bond motifs is 4. The van der Waals surface area contributed by atoms with E-state index in [0.29, 0.717) is 61.1 Å². The Balaban J connectivity index is 0.000000185. The summed E-state index contributed by atoms with van der Waals surface area (Å²) in [7, 11) is 3.64. The number of nitrogens with one attached hydrogen (secondary N) is 3. The first-order valence-electron chi connectivity index (χ1n) is 18.0. The van der Waals surface area contributed by atoms with Gasteiger partial charge in [0.15, 0.2) is 11.7 Å². The summed E-state index contributed by atoms with van der Waals surface area (Å²) < 4.78 is 0. The summed E-state index contributed by atoms with van der Waals surface area (Å²) in [6.07, 6.45) is 3.32. The molecule has 0 fully saturated rings. The average molecular weight is 853 g/mol. The summed E-state index contributed by atoms with van der Waals surface area (Å²) in [5.74, 6) is -3.12. The van der Waals surface area contributed by atoms with Crippen LogP contribution < -0.4 is 27.4 Å². The molecule has 9 N–H and O–H groups in total. The van der Waals surface area contributed by atoms with E-state index in [1.54, 1.807) is 73.6 Å². The number of nitrogens with zero attached hydrogens (tertiary/aromatic N) is 4. The number of carboxylic acids is 2.